The van der Waals surface area contributed by atoms with Crippen molar-refractivity contribution < 1.29 is 19.4 Å². The zero-order valence-corrected chi connectivity index (χ0v) is 15.2. The van der Waals surface area contributed by atoms with E-state index < -0.39 is 18.1 Å². The van der Waals surface area contributed by atoms with Crippen LogP contribution < -0.4 is 22.9 Å². The molecule has 0 fully saturated rings. The lowest BCUT2D eigenvalue weighted by atomic mass is 10.1. The van der Waals surface area contributed by atoms with Gasteiger partial charge in [0.25, 0.3) is 0 Å². The maximum absolute atomic E-state index is 10.7. The van der Waals surface area contributed by atoms with Gasteiger partial charge in [-0.2, -0.15) is 0 Å². The molecule has 2 atom stereocenters. The number of aliphatic carboxylic acids is 1. The number of halogens is 2. The average Bonchev–Trinajstić information content (AvgIpc) is 2.47. The van der Waals surface area contributed by atoms with E-state index in [1.807, 2.05) is 0 Å². The number of ether oxygens (including phenoxy) is 1. The Labute approximate surface area is 150 Å². The molecule has 0 saturated heterocycles. The number of rotatable bonds is 10. The summed E-state index contributed by atoms with van der Waals surface area (Å²) in [5.74, 6) is -1.28. The van der Waals surface area contributed by atoms with Crippen molar-refractivity contribution >= 4 is 36.8 Å². The van der Waals surface area contributed by atoms with Crippen molar-refractivity contribution in [1.82, 2.24) is 0 Å². The predicted molar refractivity (Wildman–Crippen MR) is 95.9 cm³/mol. The highest BCUT2D eigenvalue weighted by Crippen LogP contribution is 1.98. The number of carboxylic acid groups (broad SMARTS) is 1. The molecule has 0 aliphatic rings. The largest absolute Gasteiger partial charge is 0.480 e. The number of carbonyl (C=O) groups is 2. The van der Waals surface area contributed by atoms with Gasteiger partial charge in [-0.3, -0.25) is 9.59 Å². The van der Waals surface area contributed by atoms with E-state index in [0.29, 0.717) is 25.9 Å². The van der Waals surface area contributed by atoms with Crippen LogP contribution >= 0.6 is 24.8 Å². The van der Waals surface area contributed by atoms with Gasteiger partial charge in [0.15, 0.2) is 0 Å². The highest BCUT2D eigenvalue weighted by molar-refractivity contribution is 5.85. The molecule has 0 aliphatic heterocycles. The van der Waals surface area contributed by atoms with Crippen LogP contribution in [0.2, 0.25) is 0 Å². The van der Waals surface area contributed by atoms with Crippen LogP contribution in [0.1, 0.15) is 38.5 Å². The van der Waals surface area contributed by atoms with E-state index in [-0.39, 0.29) is 30.8 Å². The summed E-state index contributed by atoms with van der Waals surface area (Å²) < 4.78 is 4.45. The molecule has 0 heterocycles. The summed E-state index contributed by atoms with van der Waals surface area (Å²) in [7, 11) is 1.34. The molecule has 0 unspecified atom stereocenters. The van der Waals surface area contributed by atoms with Crippen LogP contribution in [0.15, 0.2) is 0 Å². The number of unbranched alkanes of at least 4 members (excludes halogenated alkanes) is 2. The maximum Gasteiger partial charge on any atom is 0.322 e. The van der Waals surface area contributed by atoms with E-state index in [9.17, 15) is 9.59 Å². The first-order valence-electron chi connectivity index (χ1n) is 7.12. The number of nitrogens with two attached hydrogens (primary N) is 4. The molecule has 0 aromatic carbocycles. The number of carbonyl (C=O) groups excluding carboxylic acids is 1. The molecular weight excluding hydrogens is 347 g/mol. The topological polar surface area (TPSA) is 168 Å². The molecule has 0 spiro atoms. The quantitative estimate of drug-likeness (QED) is 0.261. The molecule has 0 bridgehead atoms. The number of methoxy groups -OCH3 is 1. The van der Waals surface area contributed by atoms with Crippen molar-refractivity contribution in [2.45, 2.75) is 50.6 Å². The van der Waals surface area contributed by atoms with E-state index >= 15 is 0 Å². The Kier molecular flexibility index (Phi) is 28.1. The van der Waals surface area contributed by atoms with Gasteiger partial charge in [-0.1, -0.05) is 12.8 Å². The van der Waals surface area contributed by atoms with Crippen molar-refractivity contribution in [2.75, 3.05) is 20.2 Å². The molecular formula is C13H32Cl2N4O4. The molecule has 0 aliphatic carbocycles. The van der Waals surface area contributed by atoms with Gasteiger partial charge in [0.05, 0.1) is 7.11 Å². The predicted octanol–water partition coefficient (Wildman–Crippen LogP) is -0.0134. The fourth-order valence-corrected chi connectivity index (χ4v) is 1.41. The standard InChI is InChI=1S/C7H16N2O2.C6H14N2O2.2ClH/c1-11-7(10)6(9)4-2-3-5-8;7-4-2-1-3-5(8)6(9)10;;/h6H,2-5,8-9H2,1H3;5H,1-4,7-8H2,(H,9,10);2*1H/t6-;5-;;/m00../s1. The highest BCUT2D eigenvalue weighted by Gasteiger charge is 2.11. The van der Waals surface area contributed by atoms with Crippen LogP contribution in [0.4, 0.5) is 0 Å². The van der Waals surface area contributed by atoms with E-state index in [1.54, 1.807) is 0 Å². The summed E-state index contributed by atoms with van der Waals surface area (Å²) in [6, 6.07) is -1.20. The zero-order chi connectivity index (χ0) is 16.7. The number of hydrogen-bond acceptors (Lipinski definition) is 7. The third-order valence-electron chi connectivity index (χ3n) is 2.76. The zero-order valence-electron chi connectivity index (χ0n) is 13.6. The van der Waals surface area contributed by atoms with Gasteiger partial charge in [0.1, 0.15) is 12.1 Å². The Balaban J connectivity index is -0.000000145. The maximum atomic E-state index is 10.7. The Morgan fingerprint density at radius 1 is 0.913 bits per heavy atom. The third-order valence-corrected chi connectivity index (χ3v) is 2.76. The molecule has 0 saturated carbocycles. The fraction of sp³-hybridized carbons (Fsp3) is 0.846. The minimum absolute atomic E-state index is 0. The molecule has 8 nitrogen and oxygen atoms in total. The van der Waals surface area contributed by atoms with Gasteiger partial charge < -0.3 is 32.8 Å². The van der Waals surface area contributed by atoms with Gasteiger partial charge in [0, 0.05) is 0 Å². The lowest BCUT2D eigenvalue weighted by molar-refractivity contribution is -0.142. The molecule has 0 rings (SSSR count). The molecule has 0 amide bonds. The summed E-state index contributed by atoms with van der Waals surface area (Å²) in [6.45, 7) is 1.25. The summed E-state index contributed by atoms with van der Waals surface area (Å²) in [6.07, 6.45) is 4.61. The van der Waals surface area contributed by atoms with Crippen molar-refractivity contribution in [3.8, 4) is 0 Å². The minimum Gasteiger partial charge on any atom is -0.480 e. The average molecular weight is 379 g/mol. The summed E-state index contributed by atoms with van der Waals surface area (Å²) in [4.78, 5) is 20.9. The summed E-state index contributed by atoms with van der Waals surface area (Å²) in [5, 5.41) is 8.33. The highest BCUT2D eigenvalue weighted by atomic mass is 35.5. The molecule has 142 valence electrons. The first kappa shape index (κ1) is 30.3. The van der Waals surface area contributed by atoms with Crippen LogP contribution in [-0.2, 0) is 14.3 Å². The SMILES string of the molecule is COC(=O)[C@@H](N)CCCCN.Cl.Cl.NCCCC[C@H](N)C(=O)O. The Morgan fingerprint density at radius 2 is 1.30 bits per heavy atom. The lowest BCUT2D eigenvalue weighted by Gasteiger charge is -2.07. The van der Waals surface area contributed by atoms with Crippen LogP contribution in [0.5, 0.6) is 0 Å². The molecule has 0 aromatic heterocycles. The van der Waals surface area contributed by atoms with Gasteiger partial charge in [0.2, 0.25) is 0 Å². The van der Waals surface area contributed by atoms with Gasteiger partial charge >= 0.3 is 11.9 Å². The molecule has 9 N–H and O–H groups in total. The lowest BCUT2D eigenvalue weighted by Crippen LogP contribution is -2.31. The summed E-state index contributed by atoms with van der Waals surface area (Å²) >= 11 is 0. The monoisotopic (exact) mass is 378 g/mol. The van der Waals surface area contributed by atoms with Gasteiger partial charge in [-0.15, -0.1) is 24.8 Å². The van der Waals surface area contributed by atoms with E-state index in [4.69, 9.17) is 28.0 Å². The first-order valence-corrected chi connectivity index (χ1v) is 7.12. The second-order valence-corrected chi connectivity index (χ2v) is 4.64. The minimum atomic E-state index is -0.933. The van der Waals surface area contributed by atoms with Crippen molar-refractivity contribution in [1.29, 1.82) is 0 Å². The van der Waals surface area contributed by atoms with E-state index in [1.165, 1.54) is 7.11 Å². The van der Waals surface area contributed by atoms with Gasteiger partial charge in [-0.05, 0) is 38.8 Å². The third kappa shape index (κ3) is 21.4. The smallest absolute Gasteiger partial charge is 0.322 e. The number of esters is 1. The molecule has 23 heavy (non-hydrogen) atoms. The molecule has 0 aromatic rings. The van der Waals surface area contributed by atoms with Crippen LogP contribution in [0.3, 0.4) is 0 Å². The molecule has 0 radical (unpaired) electrons. The number of carboxylic acids is 1. The van der Waals surface area contributed by atoms with Crippen molar-refractivity contribution in [2.24, 2.45) is 22.9 Å². The van der Waals surface area contributed by atoms with Crippen molar-refractivity contribution in [3.63, 3.8) is 0 Å². The van der Waals surface area contributed by atoms with Crippen LogP contribution in [0.25, 0.3) is 0 Å². The van der Waals surface area contributed by atoms with E-state index in [2.05, 4.69) is 4.74 Å². The first-order chi connectivity index (χ1) is 9.90. The second kappa shape index (κ2) is 21.4. The second-order valence-electron chi connectivity index (χ2n) is 4.64. The Morgan fingerprint density at radius 3 is 1.61 bits per heavy atom. The summed E-state index contributed by atoms with van der Waals surface area (Å²) in [5.41, 5.74) is 21.1. The van der Waals surface area contributed by atoms with Gasteiger partial charge in [-0.25, -0.2) is 0 Å². The Bertz CT molecular complexity index is 287. The van der Waals surface area contributed by atoms with Crippen LogP contribution in [-0.4, -0.2) is 49.3 Å². The van der Waals surface area contributed by atoms with E-state index in [0.717, 1.165) is 25.7 Å². The van der Waals surface area contributed by atoms with Crippen molar-refractivity contribution in [3.05, 3.63) is 0 Å². The van der Waals surface area contributed by atoms with Crippen LogP contribution in [0, 0.1) is 0 Å². The number of hydrogen-bond donors (Lipinski definition) is 5. The molecule has 10 heteroatoms. The Hall–Kier alpha value is -0.640. The normalized spacial score (nSPS) is 11.7. The fourth-order valence-electron chi connectivity index (χ4n) is 1.41.